The third kappa shape index (κ3) is 4.51. The summed E-state index contributed by atoms with van der Waals surface area (Å²) in [6.07, 6.45) is 1.85. The van der Waals surface area contributed by atoms with Gasteiger partial charge >= 0.3 is 0 Å². The Balaban J connectivity index is 1.33. The van der Waals surface area contributed by atoms with E-state index < -0.39 is 6.04 Å². The van der Waals surface area contributed by atoms with Gasteiger partial charge in [0.25, 0.3) is 0 Å². The number of likely N-dealkylation sites (tertiary alicyclic amines) is 1. The summed E-state index contributed by atoms with van der Waals surface area (Å²) in [4.78, 5) is 32.5. The molecule has 0 spiro atoms. The van der Waals surface area contributed by atoms with Crippen LogP contribution in [-0.4, -0.2) is 51.6 Å². The van der Waals surface area contributed by atoms with Gasteiger partial charge in [0.2, 0.25) is 11.8 Å². The minimum absolute atomic E-state index is 0.00319. The van der Waals surface area contributed by atoms with Gasteiger partial charge in [-0.3, -0.25) is 14.7 Å². The molecule has 3 aromatic rings. The third-order valence-electron chi connectivity index (χ3n) is 5.09. The summed E-state index contributed by atoms with van der Waals surface area (Å²) >= 11 is 1.56. The van der Waals surface area contributed by atoms with Gasteiger partial charge in [0.15, 0.2) is 5.82 Å². The molecule has 8 nitrogen and oxygen atoms in total. The number of nitrogens with zero attached hydrogens (tertiary/aromatic N) is 3. The smallest absolute Gasteiger partial charge is 0.243 e. The van der Waals surface area contributed by atoms with Crippen LogP contribution < -0.4 is 10.1 Å². The number of hydrogen-bond donors (Lipinski definition) is 2. The molecule has 1 saturated heterocycles. The number of aromatic nitrogens is 3. The number of H-pyrrole nitrogens is 1. The van der Waals surface area contributed by atoms with Gasteiger partial charge < -0.3 is 15.0 Å². The number of methoxy groups -OCH3 is 1. The molecule has 156 valence electrons. The second-order valence-corrected chi connectivity index (χ2v) is 8.09. The fourth-order valence-electron chi connectivity index (χ4n) is 3.53. The maximum absolute atomic E-state index is 12.7. The molecule has 1 aliphatic heterocycles. The summed E-state index contributed by atoms with van der Waals surface area (Å²) in [5.41, 5.74) is 0.853. The highest BCUT2D eigenvalue weighted by Crippen LogP contribution is 2.21. The summed E-state index contributed by atoms with van der Waals surface area (Å²) < 4.78 is 5.15. The molecule has 1 aromatic carbocycles. The van der Waals surface area contributed by atoms with Gasteiger partial charge in [0, 0.05) is 17.0 Å². The fraction of sp³-hybridized carbons (Fsp3) is 0.333. The molecule has 0 aliphatic carbocycles. The first kappa shape index (κ1) is 20.1. The number of ether oxygens (including phenoxy) is 1. The van der Waals surface area contributed by atoms with Crippen molar-refractivity contribution in [2.24, 2.45) is 0 Å². The molecule has 0 bridgehead atoms. The molecule has 1 unspecified atom stereocenters. The minimum atomic E-state index is -0.429. The first-order chi connectivity index (χ1) is 14.6. The van der Waals surface area contributed by atoms with E-state index in [9.17, 15) is 9.59 Å². The van der Waals surface area contributed by atoms with Crippen molar-refractivity contribution in [3.05, 3.63) is 52.5 Å². The zero-order chi connectivity index (χ0) is 20.9. The monoisotopic (exact) mass is 425 g/mol. The van der Waals surface area contributed by atoms with Crippen molar-refractivity contribution in [1.82, 2.24) is 25.4 Å². The SMILES string of the molecule is COc1ccc(-c2n[nH]c(CNC(=O)C3CCCN3C(=O)Cc3cccs3)n2)cc1. The molecular formula is C21H23N5O3S. The van der Waals surface area contributed by atoms with E-state index in [0.29, 0.717) is 31.0 Å². The van der Waals surface area contributed by atoms with E-state index in [-0.39, 0.29) is 18.4 Å². The van der Waals surface area contributed by atoms with Crippen LogP contribution in [0.2, 0.25) is 0 Å². The van der Waals surface area contributed by atoms with Crippen molar-refractivity contribution in [3.8, 4) is 17.1 Å². The Hall–Kier alpha value is -3.20. The molecule has 4 rings (SSSR count). The van der Waals surface area contributed by atoms with Crippen molar-refractivity contribution in [2.45, 2.75) is 31.8 Å². The lowest BCUT2D eigenvalue weighted by molar-refractivity contribution is -0.138. The van der Waals surface area contributed by atoms with E-state index in [2.05, 4.69) is 20.5 Å². The van der Waals surface area contributed by atoms with Crippen LogP contribution in [0.5, 0.6) is 5.75 Å². The van der Waals surface area contributed by atoms with Crippen LogP contribution in [0.25, 0.3) is 11.4 Å². The van der Waals surface area contributed by atoms with E-state index in [1.165, 1.54) is 0 Å². The average molecular weight is 426 g/mol. The van der Waals surface area contributed by atoms with Gasteiger partial charge in [-0.15, -0.1) is 11.3 Å². The average Bonchev–Trinajstić information content (AvgIpc) is 3.53. The van der Waals surface area contributed by atoms with Crippen LogP contribution in [0.3, 0.4) is 0 Å². The first-order valence-corrected chi connectivity index (χ1v) is 10.7. The molecule has 30 heavy (non-hydrogen) atoms. The predicted octanol–water partition coefficient (Wildman–Crippen LogP) is 2.39. The Kier molecular flexibility index (Phi) is 6.08. The maximum atomic E-state index is 12.7. The minimum Gasteiger partial charge on any atom is -0.497 e. The predicted molar refractivity (Wildman–Crippen MR) is 113 cm³/mol. The van der Waals surface area contributed by atoms with Crippen molar-refractivity contribution in [2.75, 3.05) is 13.7 Å². The van der Waals surface area contributed by atoms with Crippen LogP contribution in [0, 0.1) is 0 Å². The van der Waals surface area contributed by atoms with Crippen LogP contribution in [0.15, 0.2) is 41.8 Å². The first-order valence-electron chi connectivity index (χ1n) is 9.79. The lowest BCUT2D eigenvalue weighted by Gasteiger charge is -2.23. The number of carbonyl (C=O) groups excluding carboxylic acids is 2. The highest BCUT2D eigenvalue weighted by Gasteiger charge is 2.33. The van der Waals surface area contributed by atoms with E-state index >= 15 is 0 Å². The Morgan fingerprint density at radius 3 is 2.87 bits per heavy atom. The van der Waals surface area contributed by atoms with Crippen LogP contribution in [0.4, 0.5) is 0 Å². The second-order valence-electron chi connectivity index (χ2n) is 7.05. The fourth-order valence-corrected chi connectivity index (χ4v) is 4.23. The Morgan fingerprint density at radius 2 is 2.13 bits per heavy atom. The molecule has 1 atom stereocenters. The van der Waals surface area contributed by atoms with Crippen LogP contribution in [-0.2, 0) is 22.6 Å². The molecule has 3 heterocycles. The summed E-state index contributed by atoms with van der Waals surface area (Å²) in [7, 11) is 1.61. The molecule has 2 N–H and O–H groups in total. The molecule has 1 fully saturated rings. The van der Waals surface area contributed by atoms with Crippen LogP contribution in [0.1, 0.15) is 23.5 Å². The van der Waals surface area contributed by atoms with Gasteiger partial charge in [-0.05, 0) is 48.6 Å². The van der Waals surface area contributed by atoms with Gasteiger partial charge in [0.1, 0.15) is 17.6 Å². The normalized spacial score (nSPS) is 15.9. The molecule has 2 aromatic heterocycles. The van der Waals surface area contributed by atoms with E-state index in [4.69, 9.17) is 4.74 Å². The second kappa shape index (κ2) is 9.08. The number of benzene rings is 1. The largest absolute Gasteiger partial charge is 0.497 e. The van der Waals surface area contributed by atoms with Gasteiger partial charge in [0.05, 0.1) is 20.1 Å². The van der Waals surface area contributed by atoms with Crippen molar-refractivity contribution >= 4 is 23.2 Å². The molecule has 0 saturated carbocycles. The lowest BCUT2D eigenvalue weighted by atomic mass is 10.2. The number of aromatic amines is 1. The molecule has 2 amide bonds. The number of hydrogen-bond acceptors (Lipinski definition) is 6. The maximum Gasteiger partial charge on any atom is 0.243 e. The van der Waals surface area contributed by atoms with E-state index in [1.807, 2.05) is 41.8 Å². The number of carbonyl (C=O) groups is 2. The zero-order valence-electron chi connectivity index (χ0n) is 16.6. The summed E-state index contributed by atoms with van der Waals surface area (Å²) in [6.45, 7) is 0.845. The van der Waals surface area contributed by atoms with Gasteiger partial charge in [-0.25, -0.2) is 4.98 Å². The summed E-state index contributed by atoms with van der Waals surface area (Å²) in [5, 5.41) is 11.9. The number of amides is 2. The number of thiophene rings is 1. The Bertz CT molecular complexity index is 1000. The lowest BCUT2D eigenvalue weighted by Crippen LogP contribution is -2.46. The molecular weight excluding hydrogens is 402 g/mol. The summed E-state index contributed by atoms with van der Waals surface area (Å²) in [6, 6.07) is 10.9. The van der Waals surface area contributed by atoms with Crippen molar-refractivity contribution in [1.29, 1.82) is 0 Å². The topological polar surface area (TPSA) is 100 Å². The van der Waals surface area contributed by atoms with Crippen molar-refractivity contribution in [3.63, 3.8) is 0 Å². The molecule has 1 aliphatic rings. The number of nitrogens with one attached hydrogen (secondary N) is 2. The quantitative estimate of drug-likeness (QED) is 0.605. The Labute approximate surface area is 178 Å². The van der Waals surface area contributed by atoms with E-state index in [1.54, 1.807) is 23.3 Å². The molecule has 9 heteroatoms. The number of rotatable bonds is 7. The van der Waals surface area contributed by atoms with Gasteiger partial charge in [-0.2, -0.15) is 5.10 Å². The highest BCUT2D eigenvalue weighted by molar-refractivity contribution is 7.10. The van der Waals surface area contributed by atoms with E-state index in [0.717, 1.165) is 22.6 Å². The standard InChI is InChI=1S/C21H23N5O3S/c1-29-15-8-6-14(7-9-15)20-23-18(24-25-20)13-22-21(28)17-5-2-10-26(17)19(27)12-16-4-3-11-30-16/h3-4,6-9,11,17H,2,5,10,12-13H2,1H3,(H,22,28)(H,23,24,25). The summed E-state index contributed by atoms with van der Waals surface area (Å²) in [5.74, 6) is 1.71. The van der Waals surface area contributed by atoms with Crippen LogP contribution >= 0.6 is 11.3 Å². The zero-order valence-corrected chi connectivity index (χ0v) is 17.4. The Morgan fingerprint density at radius 1 is 1.30 bits per heavy atom. The van der Waals surface area contributed by atoms with Gasteiger partial charge in [-0.1, -0.05) is 6.07 Å². The molecule has 0 radical (unpaired) electrons. The highest BCUT2D eigenvalue weighted by atomic mass is 32.1. The van der Waals surface area contributed by atoms with Crippen molar-refractivity contribution < 1.29 is 14.3 Å². The third-order valence-corrected chi connectivity index (χ3v) is 5.97.